The van der Waals surface area contributed by atoms with Crippen molar-refractivity contribution in [2.24, 2.45) is 0 Å². The number of esters is 1. The van der Waals surface area contributed by atoms with Crippen LogP contribution in [0.2, 0.25) is 0 Å². The van der Waals surface area contributed by atoms with Gasteiger partial charge in [0.2, 0.25) is 0 Å². The lowest BCUT2D eigenvalue weighted by Crippen LogP contribution is -2.58. The van der Waals surface area contributed by atoms with Gasteiger partial charge in [-0.1, -0.05) is 70.4 Å². The number of hydrogen-bond acceptors (Lipinski definition) is 7. The molecular formula is C24H44O7. The lowest BCUT2D eigenvalue weighted by molar-refractivity contribution is -0.287. The minimum absolute atomic E-state index is 0.273. The van der Waals surface area contributed by atoms with E-state index in [0.717, 1.165) is 32.1 Å². The molecule has 1 rings (SSSR count). The van der Waals surface area contributed by atoms with Gasteiger partial charge in [-0.3, -0.25) is 4.79 Å². The van der Waals surface area contributed by atoms with Crippen molar-refractivity contribution in [2.45, 2.75) is 128 Å². The van der Waals surface area contributed by atoms with Gasteiger partial charge in [-0.25, -0.2) is 0 Å². The number of carbonyl (C=O) groups excluding carboxylic acids is 1. The lowest BCUT2D eigenvalue weighted by Gasteiger charge is -2.37. The fourth-order valence-electron chi connectivity index (χ4n) is 3.66. The average molecular weight is 445 g/mol. The van der Waals surface area contributed by atoms with Gasteiger partial charge in [0.1, 0.15) is 31.0 Å². The van der Waals surface area contributed by atoms with Gasteiger partial charge in [0.15, 0.2) is 6.29 Å². The van der Waals surface area contributed by atoms with E-state index in [1.165, 1.54) is 51.4 Å². The van der Waals surface area contributed by atoms with E-state index in [1.54, 1.807) is 0 Å². The number of rotatable bonds is 17. The predicted molar refractivity (Wildman–Crippen MR) is 119 cm³/mol. The number of aliphatic hydroxyl groups excluding tert-OH is 4. The highest BCUT2D eigenvalue weighted by Crippen LogP contribution is 2.20. The van der Waals surface area contributed by atoms with Gasteiger partial charge in [-0.05, 0) is 32.1 Å². The molecule has 7 heteroatoms. The Morgan fingerprint density at radius 3 is 1.94 bits per heavy atom. The maximum atomic E-state index is 11.8. The highest BCUT2D eigenvalue weighted by molar-refractivity contribution is 5.69. The largest absolute Gasteiger partial charge is 0.463 e. The molecule has 0 amide bonds. The Labute approximate surface area is 187 Å². The smallest absolute Gasteiger partial charge is 0.305 e. The minimum Gasteiger partial charge on any atom is -0.463 e. The van der Waals surface area contributed by atoms with Crippen molar-refractivity contribution in [3.05, 3.63) is 12.2 Å². The molecule has 1 aliphatic rings. The zero-order valence-corrected chi connectivity index (χ0v) is 19.2. The second kappa shape index (κ2) is 17.6. The van der Waals surface area contributed by atoms with E-state index >= 15 is 0 Å². The first-order valence-electron chi connectivity index (χ1n) is 12.2. The van der Waals surface area contributed by atoms with Crippen molar-refractivity contribution in [2.75, 3.05) is 6.61 Å². The summed E-state index contributed by atoms with van der Waals surface area (Å²) in [6.07, 6.45) is 13.1. The fraction of sp³-hybridized carbons (Fsp3) is 0.875. The molecule has 0 aromatic rings. The molecule has 0 radical (unpaired) electrons. The summed E-state index contributed by atoms with van der Waals surface area (Å²) in [6.45, 7) is 1.97. The molecule has 182 valence electrons. The van der Waals surface area contributed by atoms with Crippen molar-refractivity contribution in [3.63, 3.8) is 0 Å². The summed E-state index contributed by atoms with van der Waals surface area (Å²) in [6, 6.07) is 0. The number of hydrogen-bond donors (Lipinski definition) is 4. The molecule has 1 fully saturated rings. The van der Waals surface area contributed by atoms with Crippen LogP contribution in [0.5, 0.6) is 0 Å². The van der Waals surface area contributed by atoms with Crippen molar-refractivity contribution in [3.8, 4) is 0 Å². The molecule has 1 saturated heterocycles. The van der Waals surface area contributed by atoms with Gasteiger partial charge < -0.3 is 29.9 Å². The Bertz CT molecular complexity index is 483. The fourth-order valence-corrected chi connectivity index (χ4v) is 3.66. The Hall–Kier alpha value is -0.990. The molecule has 0 aliphatic carbocycles. The summed E-state index contributed by atoms with van der Waals surface area (Å²) < 4.78 is 10.0. The predicted octanol–water partition coefficient (Wildman–Crippen LogP) is 3.37. The van der Waals surface area contributed by atoms with E-state index in [4.69, 9.17) is 9.47 Å². The minimum atomic E-state index is -1.62. The highest BCUT2D eigenvalue weighted by Gasteiger charge is 2.43. The Morgan fingerprint density at radius 1 is 0.774 bits per heavy atom. The second-order valence-electron chi connectivity index (χ2n) is 8.55. The van der Waals surface area contributed by atoms with E-state index in [9.17, 15) is 25.2 Å². The topological polar surface area (TPSA) is 116 Å². The first kappa shape index (κ1) is 28.0. The summed E-state index contributed by atoms with van der Waals surface area (Å²) in [5.41, 5.74) is 0. The van der Waals surface area contributed by atoms with Gasteiger partial charge in [-0.15, -0.1) is 0 Å². The second-order valence-corrected chi connectivity index (χ2v) is 8.55. The standard InChI is InChI=1S/C24H44O7/c1-2-3-4-5-6-7-8-9-10-11-12-13-14-15-16-17-20(25)30-18-19-21(26)22(27)23(28)24(29)31-19/h10-11,19,21-24,26-29H,2-9,12-18H2,1H3/b11-10-. The normalized spacial score (nSPS) is 26.4. The Kier molecular flexibility index (Phi) is 15.9. The van der Waals surface area contributed by atoms with E-state index in [1.807, 2.05) is 0 Å². The molecule has 1 heterocycles. The lowest BCUT2D eigenvalue weighted by atomic mass is 9.99. The number of allylic oxidation sites excluding steroid dienone is 2. The third-order valence-corrected chi connectivity index (χ3v) is 5.74. The number of ether oxygens (including phenoxy) is 2. The van der Waals surface area contributed by atoms with E-state index in [2.05, 4.69) is 19.1 Å². The molecule has 0 aromatic heterocycles. The molecule has 1 aliphatic heterocycles. The van der Waals surface area contributed by atoms with Crippen LogP contribution >= 0.6 is 0 Å². The zero-order chi connectivity index (χ0) is 22.9. The number of unbranched alkanes of at least 4 members (excludes halogenated alkanes) is 11. The van der Waals surface area contributed by atoms with Crippen molar-refractivity contribution in [1.29, 1.82) is 0 Å². The Balaban J connectivity index is 1.93. The van der Waals surface area contributed by atoms with Crippen LogP contribution in [0.25, 0.3) is 0 Å². The third kappa shape index (κ3) is 12.6. The first-order valence-corrected chi connectivity index (χ1v) is 12.2. The van der Waals surface area contributed by atoms with Crippen LogP contribution in [-0.4, -0.2) is 63.7 Å². The molecule has 0 aromatic carbocycles. The van der Waals surface area contributed by atoms with Crippen LogP contribution in [0.1, 0.15) is 96.8 Å². The van der Waals surface area contributed by atoms with Crippen LogP contribution < -0.4 is 0 Å². The molecule has 0 spiro atoms. The van der Waals surface area contributed by atoms with Crippen LogP contribution in [0.3, 0.4) is 0 Å². The van der Waals surface area contributed by atoms with Gasteiger partial charge in [0.25, 0.3) is 0 Å². The first-order chi connectivity index (χ1) is 15.0. The van der Waals surface area contributed by atoms with E-state index in [0.29, 0.717) is 0 Å². The van der Waals surface area contributed by atoms with E-state index in [-0.39, 0.29) is 13.0 Å². The summed E-state index contributed by atoms with van der Waals surface area (Å²) in [5, 5.41) is 38.3. The molecule has 0 saturated carbocycles. The summed E-state index contributed by atoms with van der Waals surface area (Å²) in [4.78, 5) is 11.8. The molecule has 5 atom stereocenters. The van der Waals surface area contributed by atoms with Gasteiger partial charge in [-0.2, -0.15) is 0 Å². The van der Waals surface area contributed by atoms with Crippen molar-refractivity contribution in [1.82, 2.24) is 0 Å². The van der Waals surface area contributed by atoms with Crippen molar-refractivity contribution < 1.29 is 34.7 Å². The van der Waals surface area contributed by atoms with Crippen LogP contribution in [0.15, 0.2) is 12.2 Å². The van der Waals surface area contributed by atoms with Crippen molar-refractivity contribution >= 4 is 5.97 Å². The molecule has 7 nitrogen and oxygen atoms in total. The van der Waals surface area contributed by atoms with Crippen LogP contribution in [0.4, 0.5) is 0 Å². The summed E-state index contributed by atoms with van der Waals surface area (Å²) in [5.74, 6) is -0.402. The molecular weight excluding hydrogens is 400 g/mol. The molecule has 0 bridgehead atoms. The average Bonchev–Trinajstić information content (AvgIpc) is 2.76. The SMILES string of the molecule is CCCCCCCCC/C=C\CCCCCCC(=O)OCC1OC(O)C(O)C(O)C1O. The number of carbonyl (C=O) groups is 1. The van der Waals surface area contributed by atoms with Gasteiger partial charge >= 0.3 is 5.97 Å². The molecule has 31 heavy (non-hydrogen) atoms. The van der Waals surface area contributed by atoms with Gasteiger partial charge in [0.05, 0.1) is 0 Å². The van der Waals surface area contributed by atoms with Gasteiger partial charge in [0, 0.05) is 6.42 Å². The molecule has 4 N–H and O–H groups in total. The Morgan fingerprint density at radius 2 is 1.32 bits per heavy atom. The van der Waals surface area contributed by atoms with Crippen LogP contribution in [0, 0.1) is 0 Å². The zero-order valence-electron chi connectivity index (χ0n) is 19.2. The number of aliphatic hydroxyl groups is 4. The van der Waals surface area contributed by atoms with E-state index < -0.39 is 36.7 Å². The molecule has 5 unspecified atom stereocenters. The summed E-state index contributed by atoms with van der Waals surface area (Å²) in [7, 11) is 0. The monoisotopic (exact) mass is 444 g/mol. The quantitative estimate of drug-likeness (QED) is 0.154. The maximum absolute atomic E-state index is 11.8. The summed E-state index contributed by atoms with van der Waals surface area (Å²) >= 11 is 0. The maximum Gasteiger partial charge on any atom is 0.305 e. The van der Waals surface area contributed by atoms with Crippen LogP contribution in [-0.2, 0) is 14.3 Å². The highest BCUT2D eigenvalue weighted by atomic mass is 16.6. The third-order valence-electron chi connectivity index (χ3n) is 5.74.